The predicted octanol–water partition coefficient (Wildman–Crippen LogP) is 3.40. The Morgan fingerprint density at radius 2 is 1.97 bits per heavy atom. The fourth-order valence-corrected chi connectivity index (χ4v) is 3.61. The number of benzene rings is 1. The minimum absolute atomic E-state index is 0. The van der Waals surface area contributed by atoms with Gasteiger partial charge in [0.15, 0.2) is 5.96 Å². The van der Waals surface area contributed by atoms with Crippen molar-refractivity contribution >= 4 is 35.8 Å². The van der Waals surface area contributed by atoms with Crippen LogP contribution in [-0.2, 0) is 17.9 Å². The molecule has 1 aromatic heterocycles. The van der Waals surface area contributed by atoms with E-state index in [0.717, 1.165) is 63.5 Å². The first-order chi connectivity index (χ1) is 14.7. The fraction of sp³-hybridized carbons (Fsp3) is 0.522. The number of hydrogen-bond donors (Lipinski definition) is 2. The van der Waals surface area contributed by atoms with E-state index in [1.54, 1.807) is 0 Å². The molecule has 2 aromatic rings. The molecular weight excluding hydrogens is 503 g/mol. The Kier molecular flexibility index (Phi) is 11.4. The molecule has 3 rings (SSSR count). The molecule has 1 amide bonds. The average Bonchev–Trinajstić information content (AvgIpc) is 3.10. The Bertz CT molecular complexity index is 807. The van der Waals surface area contributed by atoms with E-state index in [0.29, 0.717) is 18.9 Å². The van der Waals surface area contributed by atoms with Gasteiger partial charge in [0.25, 0.3) is 0 Å². The molecule has 0 spiro atoms. The lowest BCUT2D eigenvalue weighted by molar-refractivity contribution is -0.130. The minimum Gasteiger partial charge on any atom is -0.357 e. The van der Waals surface area contributed by atoms with Crippen LogP contribution in [0.25, 0.3) is 0 Å². The van der Waals surface area contributed by atoms with E-state index in [9.17, 15) is 4.79 Å². The number of halogens is 1. The van der Waals surface area contributed by atoms with E-state index < -0.39 is 0 Å². The number of aromatic nitrogens is 2. The van der Waals surface area contributed by atoms with Crippen LogP contribution in [0.3, 0.4) is 0 Å². The normalized spacial score (nSPS) is 14.7. The second-order valence-corrected chi connectivity index (χ2v) is 7.70. The molecule has 8 heteroatoms. The summed E-state index contributed by atoms with van der Waals surface area (Å²) < 4.78 is 1.94. The van der Waals surface area contributed by atoms with Crippen LogP contribution in [0, 0.1) is 0 Å². The van der Waals surface area contributed by atoms with Crippen molar-refractivity contribution in [2.75, 3.05) is 26.2 Å². The molecule has 0 saturated carbocycles. The summed E-state index contributed by atoms with van der Waals surface area (Å²) in [6, 6.07) is 10.3. The van der Waals surface area contributed by atoms with Crippen LogP contribution in [0.1, 0.15) is 50.2 Å². The zero-order valence-electron chi connectivity index (χ0n) is 18.4. The molecular formula is C23H35IN6O. The van der Waals surface area contributed by atoms with Gasteiger partial charge in [0.05, 0.1) is 19.3 Å². The number of rotatable bonds is 9. The summed E-state index contributed by atoms with van der Waals surface area (Å²) >= 11 is 0. The van der Waals surface area contributed by atoms with Crippen LogP contribution in [0.2, 0.25) is 0 Å². The highest BCUT2D eigenvalue weighted by Gasteiger charge is 2.15. The van der Waals surface area contributed by atoms with Crippen molar-refractivity contribution < 1.29 is 4.79 Å². The largest absolute Gasteiger partial charge is 0.357 e. The van der Waals surface area contributed by atoms with Gasteiger partial charge in [-0.05, 0) is 31.7 Å². The zero-order valence-corrected chi connectivity index (χ0v) is 20.8. The minimum atomic E-state index is 0. The summed E-state index contributed by atoms with van der Waals surface area (Å²) in [5.74, 6) is 1.11. The summed E-state index contributed by atoms with van der Waals surface area (Å²) in [5, 5.41) is 11.1. The van der Waals surface area contributed by atoms with Gasteiger partial charge in [-0.3, -0.25) is 9.48 Å². The van der Waals surface area contributed by atoms with E-state index in [-0.39, 0.29) is 24.0 Å². The number of carbonyl (C=O) groups excluding carboxylic acids is 1. The molecule has 1 aliphatic heterocycles. The van der Waals surface area contributed by atoms with Crippen molar-refractivity contribution in [2.45, 2.75) is 52.1 Å². The van der Waals surface area contributed by atoms with E-state index in [1.165, 1.54) is 12.0 Å². The standard InChI is InChI=1S/C23H34N6O.HI/c1-2-24-23(25-13-9-15-28-14-8-4-7-12-22(28)30)26-16-21-17-27-29(19-21)18-20-10-5-3-6-11-20;/h3,5-6,10-11,17,19H,2,4,7-9,12-16,18H2,1H3,(H2,24,25,26);1H. The van der Waals surface area contributed by atoms with Crippen LogP contribution in [0.4, 0.5) is 0 Å². The smallest absolute Gasteiger partial charge is 0.222 e. The fourth-order valence-electron chi connectivity index (χ4n) is 3.61. The number of likely N-dealkylation sites (tertiary alicyclic amines) is 1. The number of guanidine groups is 1. The van der Waals surface area contributed by atoms with Gasteiger partial charge in [-0.15, -0.1) is 24.0 Å². The van der Waals surface area contributed by atoms with E-state index >= 15 is 0 Å². The zero-order chi connectivity index (χ0) is 21.0. The Hall–Kier alpha value is -2.10. The summed E-state index contributed by atoms with van der Waals surface area (Å²) in [5.41, 5.74) is 2.31. The lowest BCUT2D eigenvalue weighted by atomic mass is 10.2. The molecule has 0 unspecified atom stereocenters. The molecule has 2 heterocycles. The van der Waals surface area contributed by atoms with Crippen molar-refractivity contribution in [1.29, 1.82) is 0 Å². The lowest BCUT2D eigenvalue weighted by Crippen LogP contribution is -2.39. The summed E-state index contributed by atoms with van der Waals surface area (Å²) in [6.45, 7) is 6.72. The average molecular weight is 538 g/mol. The van der Waals surface area contributed by atoms with E-state index in [2.05, 4.69) is 39.8 Å². The van der Waals surface area contributed by atoms with E-state index in [4.69, 9.17) is 0 Å². The van der Waals surface area contributed by atoms with Gasteiger partial charge in [-0.2, -0.15) is 5.10 Å². The number of aliphatic imine (C=N–C) groups is 1. The summed E-state index contributed by atoms with van der Waals surface area (Å²) in [6.07, 6.45) is 8.88. The molecule has 1 aliphatic rings. The maximum Gasteiger partial charge on any atom is 0.222 e. The molecule has 0 aliphatic carbocycles. The van der Waals surface area contributed by atoms with Crippen molar-refractivity contribution in [3.8, 4) is 0 Å². The maximum atomic E-state index is 12.1. The number of nitrogens with zero attached hydrogens (tertiary/aromatic N) is 4. The highest BCUT2D eigenvalue weighted by Crippen LogP contribution is 2.11. The predicted molar refractivity (Wildman–Crippen MR) is 136 cm³/mol. The molecule has 0 radical (unpaired) electrons. The Morgan fingerprint density at radius 3 is 2.77 bits per heavy atom. The first kappa shape index (κ1) is 25.2. The molecule has 2 N–H and O–H groups in total. The highest BCUT2D eigenvalue weighted by molar-refractivity contribution is 14.0. The second-order valence-electron chi connectivity index (χ2n) is 7.70. The van der Waals surface area contributed by atoms with Gasteiger partial charge in [0.2, 0.25) is 5.91 Å². The van der Waals surface area contributed by atoms with Crippen molar-refractivity contribution in [2.24, 2.45) is 4.99 Å². The highest BCUT2D eigenvalue weighted by atomic mass is 127. The third-order valence-corrected chi connectivity index (χ3v) is 5.21. The Labute approximate surface area is 202 Å². The SMILES string of the molecule is CCNC(=NCc1cnn(Cc2ccccc2)c1)NCCCN1CCCCCC1=O.I. The monoisotopic (exact) mass is 538 g/mol. The molecule has 1 saturated heterocycles. The molecule has 1 fully saturated rings. The van der Waals surface area contributed by atoms with Gasteiger partial charge in [0, 0.05) is 44.4 Å². The van der Waals surface area contributed by atoms with Crippen LogP contribution < -0.4 is 10.6 Å². The number of amides is 1. The molecule has 170 valence electrons. The third-order valence-electron chi connectivity index (χ3n) is 5.21. The molecule has 0 atom stereocenters. The first-order valence-electron chi connectivity index (χ1n) is 11.1. The van der Waals surface area contributed by atoms with Crippen LogP contribution in [-0.4, -0.2) is 52.7 Å². The molecule has 1 aromatic carbocycles. The summed E-state index contributed by atoms with van der Waals surface area (Å²) in [7, 11) is 0. The summed E-state index contributed by atoms with van der Waals surface area (Å²) in [4.78, 5) is 18.8. The van der Waals surface area contributed by atoms with Crippen LogP contribution in [0.5, 0.6) is 0 Å². The van der Waals surface area contributed by atoms with E-state index in [1.807, 2.05) is 40.2 Å². The maximum absolute atomic E-state index is 12.1. The second kappa shape index (κ2) is 14.1. The molecule has 7 nitrogen and oxygen atoms in total. The quantitative estimate of drug-likeness (QED) is 0.222. The third kappa shape index (κ3) is 8.88. The van der Waals surface area contributed by atoms with Gasteiger partial charge < -0.3 is 15.5 Å². The number of hydrogen-bond acceptors (Lipinski definition) is 3. The topological polar surface area (TPSA) is 74.6 Å². The van der Waals surface area contributed by atoms with Crippen molar-refractivity contribution in [3.63, 3.8) is 0 Å². The number of nitrogens with one attached hydrogen (secondary N) is 2. The van der Waals surface area contributed by atoms with Crippen molar-refractivity contribution in [1.82, 2.24) is 25.3 Å². The first-order valence-corrected chi connectivity index (χ1v) is 11.1. The Morgan fingerprint density at radius 1 is 1.13 bits per heavy atom. The van der Waals surface area contributed by atoms with Crippen molar-refractivity contribution in [3.05, 3.63) is 53.9 Å². The van der Waals surface area contributed by atoms with Gasteiger partial charge in [-0.25, -0.2) is 4.99 Å². The number of carbonyl (C=O) groups is 1. The van der Waals surface area contributed by atoms with Gasteiger partial charge in [0.1, 0.15) is 0 Å². The van der Waals surface area contributed by atoms with Gasteiger partial charge >= 0.3 is 0 Å². The van der Waals surface area contributed by atoms with Gasteiger partial charge in [-0.1, -0.05) is 36.8 Å². The van der Waals surface area contributed by atoms with Crippen LogP contribution in [0.15, 0.2) is 47.7 Å². The van der Waals surface area contributed by atoms with Crippen LogP contribution >= 0.6 is 24.0 Å². The molecule has 0 bridgehead atoms. The molecule has 31 heavy (non-hydrogen) atoms. The Balaban J connectivity index is 0.00000341. The lowest BCUT2D eigenvalue weighted by Gasteiger charge is -2.20.